The largest absolute Gasteiger partial charge is 0.383 e. The number of guanidine groups is 1. The van der Waals surface area contributed by atoms with Crippen molar-refractivity contribution in [3.63, 3.8) is 0 Å². The lowest BCUT2D eigenvalue weighted by molar-refractivity contribution is -0.115. The number of hydrogen-bond acceptors (Lipinski definition) is 5. The molecule has 2 rings (SSSR count). The molecule has 0 saturated carbocycles. The van der Waals surface area contributed by atoms with Gasteiger partial charge in [0.2, 0.25) is 0 Å². The van der Waals surface area contributed by atoms with Gasteiger partial charge in [0.15, 0.2) is 5.96 Å². The zero-order valence-electron chi connectivity index (χ0n) is 11.7. The fourth-order valence-corrected chi connectivity index (χ4v) is 3.09. The van der Waals surface area contributed by atoms with Crippen molar-refractivity contribution >= 4 is 5.96 Å². The number of hydrogen-bond donors (Lipinski definition) is 1. The van der Waals surface area contributed by atoms with E-state index >= 15 is 0 Å². The number of ether oxygens (including phenoxy) is 2. The van der Waals surface area contributed by atoms with Crippen LogP contribution in [0.1, 0.15) is 33.1 Å². The molecular weight excluding hydrogens is 230 g/mol. The monoisotopic (exact) mass is 255 g/mol. The van der Waals surface area contributed by atoms with Crippen molar-refractivity contribution in [3.8, 4) is 0 Å². The van der Waals surface area contributed by atoms with E-state index in [1.54, 1.807) is 7.11 Å². The van der Waals surface area contributed by atoms with Crippen LogP contribution < -0.4 is 5.73 Å². The smallest absolute Gasteiger partial charge is 0.191 e. The van der Waals surface area contributed by atoms with E-state index in [0.29, 0.717) is 12.6 Å². The number of nitrogens with zero attached hydrogens (tertiary/aromatic N) is 2. The van der Waals surface area contributed by atoms with Crippen LogP contribution in [0.2, 0.25) is 0 Å². The van der Waals surface area contributed by atoms with E-state index in [0.717, 1.165) is 39.0 Å². The van der Waals surface area contributed by atoms with E-state index in [1.807, 2.05) is 0 Å². The van der Waals surface area contributed by atoms with Crippen LogP contribution in [0.3, 0.4) is 0 Å². The average Bonchev–Trinajstić information content (AvgIpc) is 2.64. The van der Waals surface area contributed by atoms with Gasteiger partial charge in [0, 0.05) is 26.7 Å². The Morgan fingerprint density at radius 3 is 3.00 bits per heavy atom. The van der Waals surface area contributed by atoms with Crippen LogP contribution in [0.25, 0.3) is 0 Å². The summed E-state index contributed by atoms with van der Waals surface area (Å²) in [5.74, 6) is 0.660. The number of methoxy groups -OCH3 is 1. The lowest BCUT2D eigenvalue weighted by Crippen LogP contribution is -2.59. The summed E-state index contributed by atoms with van der Waals surface area (Å²) in [6, 6.07) is 0. The molecule has 1 saturated heterocycles. The second-order valence-corrected chi connectivity index (χ2v) is 5.62. The first-order chi connectivity index (χ1) is 8.55. The van der Waals surface area contributed by atoms with E-state index in [-0.39, 0.29) is 11.1 Å². The molecule has 0 amide bonds. The molecule has 2 atom stereocenters. The summed E-state index contributed by atoms with van der Waals surface area (Å²) < 4.78 is 11.1. The van der Waals surface area contributed by atoms with Crippen LogP contribution in [-0.4, -0.2) is 55.4 Å². The third-order valence-electron chi connectivity index (χ3n) is 4.37. The number of rotatable bonds is 4. The quantitative estimate of drug-likeness (QED) is 0.813. The summed E-state index contributed by atoms with van der Waals surface area (Å²) >= 11 is 0. The van der Waals surface area contributed by atoms with E-state index in [9.17, 15) is 0 Å². The molecule has 2 heterocycles. The first-order valence-electron chi connectivity index (χ1n) is 6.76. The Kier molecular flexibility index (Phi) is 3.82. The molecule has 0 aromatic rings. The van der Waals surface area contributed by atoms with Gasteiger partial charge >= 0.3 is 0 Å². The third kappa shape index (κ3) is 2.34. The van der Waals surface area contributed by atoms with E-state index in [4.69, 9.17) is 15.2 Å². The highest BCUT2D eigenvalue weighted by molar-refractivity contribution is 5.81. The predicted octanol–water partition coefficient (Wildman–Crippen LogP) is 0.981. The molecule has 104 valence electrons. The van der Waals surface area contributed by atoms with Crippen molar-refractivity contribution < 1.29 is 9.47 Å². The number of aliphatic imine (C=N–C) groups is 1. The first-order valence-corrected chi connectivity index (χ1v) is 6.76. The van der Waals surface area contributed by atoms with Gasteiger partial charge in [-0.1, -0.05) is 6.92 Å². The van der Waals surface area contributed by atoms with Crippen LogP contribution in [0.4, 0.5) is 0 Å². The van der Waals surface area contributed by atoms with E-state index in [2.05, 4.69) is 23.7 Å². The summed E-state index contributed by atoms with van der Waals surface area (Å²) in [4.78, 5) is 6.69. The molecule has 2 unspecified atom stereocenters. The summed E-state index contributed by atoms with van der Waals surface area (Å²) in [7, 11) is 1.72. The Bertz CT molecular complexity index is 334. The van der Waals surface area contributed by atoms with Gasteiger partial charge < -0.3 is 20.1 Å². The molecule has 5 heteroatoms. The zero-order valence-corrected chi connectivity index (χ0v) is 11.7. The first kappa shape index (κ1) is 13.6. The van der Waals surface area contributed by atoms with Gasteiger partial charge in [-0.25, -0.2) is 0 Å². The summed E-state index contributed by atoms with van der Waals surface area (Å²) in [5.41, 5.74) is 6.03. The molecule has 0 bridgehead atoms. The van der Waals surface area contributed by atoms with Crippen molar-refractivity contribution in [2.24, 2.45) is 10.7 Å². The van der Waals surface area contributed by atoms with Crippen molar-refractivity contribution in [1.29, 1.82) is 0 Å². The Hall–Kier alpha value is -0.810. The second kappa shape index (κ2) is 5.05. The van der Waals surface area contributed by atoms with E-state index < -0.39 is 0 Å². The minimum Gasteiger partial charge on any atom is -0.383 e. The topological polar surface area (TPSA) is 60.1 Å². The predicted molar refractivity (Wildman–Crippen MR) is 71.7 cm³/mol. The Labute approximate surface area is 109 Å². The minimum absolute atomic E-state index is 0.0472. The van der Waals surface area contributed by atoms with Crippen LogP contribution in [-0.2, 0) is 9.47 Å². The molecular formula is C13H25N3O2. The summed E-state index contributed by atoms with van der Waals surface area (Å²) in [6.45, 7) is 7.44. The standard InChI is InChI=1S/C13H25N3O2/c1-4-12(2)9-13(5-7-18-12)10-15-11(14)16(13)6-8-17-3/h4-10H2,1-3H3,(H2,14,15). The molecule has 0 aromatic heterocycles. The fourth-order valence-electron chi connectivity index (χ4n) is 3.09. The molecule has 18 heavy (non-hydrogen) atoms. The van der Waals surface area contributed by atoms with Crippen LogP contribution >= 0.6 is 0 Å². The van der Waals surface area contributed by atoms with Gasteiger partial charge in [0.1, 0.15) is 0 Å². The molecule has 0 aromatic carbocycles. The summed E-state index contributed by atoms with van der Waals surface area (Å²) in [5, 5.41) is 0. The van der Waals surface area contributed by atoms with Crippen LogP contribution in [0.5, 0.6) is 0 Å². The number of nitrogens with two attached hydrogens (primary N) is 1. The lowest BCUT2D eigenvalue weighted by Gasteiger charge is -2.48. The molecule has 2 aliphatic heterocycles. The van der Waals surface area contributed by atoms with Gasteiger partial charge in [0.05, 0.1) is 24.3 Å². The molecule has 1 fully saturated rings. The highest BCUT2D eigenvalue weighted by Gasteiger charge is 2.49. The van der Waals surface area contributed by atoms with Gasteiger partial charge in [-0.05, 0) is 19.8 Å². The SMILES string of the molecule is CCC1(C)CC2(CCO1)CN=C(N)N2CCOC. The minimum atomic E-state index is -0.0519. The Balaban J connectivity index is 2.14. The molecule has 5 nitrogen and oxygen atoms in total. The fraction of sp³-hybridized carbons (Fsp3) is 0.923. The van der Waals surface area contributed by atoms with Crippen molar-refractivity contribution in [2.75, 3.05) is 33.4 Å². The highest BCUT2D eigenvalue weighted by atomic mass is 16.5. The molecule has 2 N–H and O–H groups in total. The normalized spacial score (nSPS) is 36.2. The maximum absolute atomic E-state index is 6.03. The maximum Gasteiger partial charge on any atom is 0.191 e. The summed E-state index contributed by atoms with van der Waals surface area (Å²) in [6.07, 6.45) is 3.01. The highest BCUT2D eigenvalue weighted by Crippen LogP contribution is 2.40. The average molecular weight is 255 g/mol. The zero-order chi connectivity index (χ0) is 13.2. The Morgan fingerprint density at radius 2 is 2.33 bits per heavy atom. The van der Waals surface area contributed by atoms with Gasteiger partial charge in [-0.3, -0.25) is 4.99 Å². The van der Waals surface area contributed by atoms with Gasteiger partial charge in [-0.2, -0.15) is 0 Å². The molecule has 0 radical (unpaired) electrons. The lowest BCUT2D eigenvalue weighted by atomic mass is 9.78. The second-order valence-electron chi connectivity index (χ2n) is 5.62. The van der Waals surface area contributed by atoms with Crippen molar-refractivity contribution in [2.45, 2.75) is 44.2 Å². The maximum atomic E-state index is 6.03. The van der Waals surface area contributed by atoms with Crippen molar-refractivity contribution in [3.05, 3.63) is 0 Å². The van der Waals surface area contributed by atoms with Gasteiger partial charge in [0.25, 0.3) is 0 Å². The van der Waals surface area contributed by atoms with Gasteiger partial charge in [-0.15, -0.1) is 0 Å². The molecule has 1 spiro atoms. The Morgan fingerprint density at radius 1 is 1.56 bits per heavy atom. The van der Waals surface area contributed by atoms with E-state index in [1.165, 1.54) is 0 Å². The van der Waals surface area contributed by atoms with Crippen LogP contribution in [0.15, 0.2) is 4.99 Å². The third-order valence-corrected chi connectivity index (χ3v) is 4.37. The van der Waals surface area contributed by atoms with Crippen LogP contribution in [0, 0.1) is 0 Å². The molecule has 0 aliphatic carbocycles. The molecule has 2 aliphatic rings. The van der Waals surface area contributed by atoms with Crippen molar-refractivity contribution in [1.82, 2.24) is 4.90 Å².